The first-order chi connectivity index (χ1) is 14.8. The molecule has 0 radical (unpaired) electrons. The van der Waals surface area contributed by atoms with E-state index >= 15 is 0 Å². The molecule has 1 amide bonds. The lowest BCUT2D eigenvalue weighted by atomic mass is 10.1. The van der Waals surface area contributed by atoms with Crippen molar-refractivity contribution in [2.75, 3.05) is 5.32 Å². The van der Waals surface area contributed by atoms with Gasteiger partial charge in [0.05, 0.1) is 10.7 Å². The van der Waals surface area contributed by atoms with Gasteiger partial charge in [0.1, 0.15) is 11.3 Å². The van der Waals surface area contributed by atoms with Crippen LogP contribution in [0.25, 0.3) is 22.2 Å². The number of fused-ring (bicyclic) bond motifs is 1. The number of hydrogen-bond acceptors (Lipinski definition) is 6. The van der Waals surface area contributed by atoms with Crippen molar-refractivity contribution in [3.63, 3.8) is 0 Å². The van der Waals surface area contributed by atoms with Crippen LogP contribution in [0.3, 0.4) is 0 Å². The fourth-order valence-corrected chi connectivity index (χ4v) is 4.21. The van der Waals surface area contributed by atoms with Crippen LogP contribution in [0.1, 0.15) is 12.5 Å². The van der Waals surface area contributed by atoms with E-state index in [4.69, 9.17) is 32.4 Å². The number of carbonyl (C=O) groups is 1. The number of benzene rings is 2. The maximum Gasteiger partial charge on any atom is 0.336 e. The molecule has 0 saturated carbocycles. The third kappa shape index (κ3) is 4.74. The van der Waals surface area contributed by atoms with Crippen LogP contribution in [-0.4, -0.2) is 17.0 Å². The van der Waals surface area contributed by atoms with Crippen LogP contribution < -0.4 is 15.7 Å². The van der Waals surface area contributed by atoms with E-state index in [0.717, 1.165) is 16.5 Å². The second-order valence-corrected chi connectivity index (χ2v) is 8.52. The average molecular weight is 475 g/mol. The highest BCUT2D eigenvalue weighted by atomic mass is 35.5. The summed E-state index contributed by atoms with van der Waals surface area (Å²) in [5, 5.41) is 6.77. The summed E-state index contributed by atoms with van der Waals surface area (Å²) in [5.41, 5.74) is 2.13. The number of aryl methyl sites for hydroxylation is 1. The molecule has 1 N–H and O–H groups in total. The van der Waals surface area contributed by atoms with Gasteiger partial charge in [0.2, 0.25) is 0 Å². The van der Waals surface area contributed by atoms with Gasteiger partial charge in [-0.25, -0.2) is 9.78 Å². The van der Waals surface area contributed by atoms with Gasteiger partial charge >= 0.3 is 5.63 Å². The van der Waals surface area contributed by atoms with Crippen molar-refractivity contribution in [3.05, 3.63) is 73.9 Å². The maximum atomic E-state index is 12.6. The van der Waals surface area contributed by atoms with Crippen molar-refractivity contribution in [2.24, 2.45) is 0 Å². The number of nitrogens with one attached hydrogen (secondary N) is 1. The summed E-state index contributed by atoms with van der Waals surface area (Å²) in [5.74, 6) is 0.0468. The fourth-order valence-electron chi connectivity index (χ4n) is 3.00. The Morgan fingerprint density at radius 2 is 2.00 bits per heavy atom. The predicted octanol–water partition coefficient (Wildman–Crippen LogP) is 5.94. The van der Waals surface area contributed by atoms with Crippen molar-refractivity contribution in [1.82, 2.24) is 4.98 Å². The molecule has 2 aromatic carbocycles. The van der Waals surface area contributed by atoms with Gasteiger partial charge in [-0.05, 0) is 49.7 Å². The van der Waals surface area contributed by atoms with E-state index in [1.807, 2.05) is 6.92 Å². The zero-order valence-electron chi connectivity index (χ0n) is 16.4. The van der Waals surface area contributed by atoms with Gasteiger partial charge in [0, 0.05) is 33.5 Å². The number of anilines is 1. The van der Waals surface area contributed by atoms with E-state index in [1.165, 1.54) is 17.4 Å². The molecule has 31 heavy (non-hydrogen) atoms. The van der Waals surface area contributed by atoms with Gasteiger partial charge in [-0.1, -0.05) is 23.2 Å². The minimum Gasteiger partial charge on any atom is -0.481 e. The van der Waals surface area contributed by atoms with Gasteiger partial charge in [-0.2, -0.15) is 0 Å². The molecule has 0 bridgehead atoms. The minimum absolute atomic E-state index is 0.367. The van der Waals surface area contributed by atoms with Crippen molar-refractivity contribution in [1.29, 1.82) is 0 Å². The SMILES string of the molecule is Cc1cc(=O)oc2cc(OC(C)C(=O)Nc3nc(-c4ccc(Cl)cc4Cl)cs3)ccc12. The van der Waals surface area contributed by atoms with E-state index < -0.39 is 11.7 Å². The largest absolute Gasteiger partial charge is 0.481 e. The maximum absolute atomic E-state index is 12.6. The normalized spacial score (nSPS) is 12.0. The number of thiazole rings is 1. The fraction of sp³-hybridized carbons (Fsp3) is 0.136. The molecule has 0 aliphatic rings. The third-order valence-electron chi connectivity index (χ3n) is 4.55. The second kappa shape index (κ2) is 8.70. The van der Waals surface area contributed by atoms with E-state index in [1.54, 1.807) is 48.7 Å². The number of carbonyl (C=O) groups excluding carboxylic acids is 1. The molecule has 2 heterocycles. The first-order valence-corrected chi connectivity index (χ1v) is 10.9. The molecular formula is C22H16Cl2N2O4S. The Kier molecular flexibility index (Phi) is 6.00. The highest BCUT2D eigenvalue weighted by Crippen LogP contribution is 2.32. The molecule has 2 aromatic heterocycles. The number of ether oxygens (including phenoxy) is 1. The molecule has 1 unspecified atom stereocenters. The lowest BCUT2D eigenvalue weighted by Gasteiger charge is -2.14. The molecule has 9 heteroatoms. The van der Waals surface area contributed by atoms with Gasteiger partial charge in [0.25, 0.3) is 5.91 Å². The number of amides is 1. The summed E-state index contributed by atoms with van der Waals surface area (Å²) in [4.78, 5) is 28.6. The zero-order valence-corrected chi connectivity index (χ0v) is 18.8. The van der Waals surface area contributed by atoms with Crippen LogP contribution in [-0.2, 0) is 4.79 Å². The number of nitrogens with zero attached hydrogens (tertiary/aromatic N) is 1. The molecule has 0 fully saturated rings. The lowest BCUT2D eigenvalue weighted by molar-refractivity contribution is -0.122. The molecule has 0 aliphatic heterocycles. The quantitative estimate of drug-likeness (QED) is 0.362. The van der Waals surface area contributed by atoms with Crippen LogP contribution in [0.4, 0.5) is 5.13 Å². The van der Waals surface area contributed by atoms with Crippen LogP contribution in [0, 0.1) is 6.92 Å². The Labute approximate surface area is 191 Å². The lowest BCUT2D eigenvalue weighted by Crippen LogP contribution is -2.30. The predicted molar refractivity (Wildman–Crippen MR) is 124 cm³/mol. The second-order valence-electron chi connectivity index (χ2n) is 6.82. The van der Waals surface area contributed by atoms with Crippen LogP contribution in [0.5, 0.6) is 5.75 Å². The van der Waals surface area contributed by atoms with E-state index in [0.29, 0.717) is 32.2 Å². The van der Waals surface area contributed by atoms with Gasteiger partial charge in [-0.3, -0.25) is 10.1 Å². The standard InChI is InChI=1S/C22H16Cl2N2O4S/c1-11-7-20(27)30-19-9-14(4-6-15(11)19)29-12(2)21(28)26-22-25-18(10-31-22)16-5-3-13(23)8-17(16)24/h3-10,12H,1-2H3,(H,25,26,28). The Balaban J connectivity index is 1.46. The third-order valence-corrected chi connectivity index (χ3v) is 5.85. The molecule has 6 nitrogen and oxygen atoms in total. The molecule has 0 aliphatic carbocycles. The molecular weight excluding hydrogens is 459 g/mol. The Morgan fingerprint density at radius 1 is 1.19 bits per heavy atom. The number of aromatic nitrogens is 1. The number of rotatable bonds is 5. The van der Waals surface area contributed by atoms with Crippen molar-refractivity contribution >= 4 is 56.5 Å². The zero-order chi connectivity index (χ0) is 22.1. The molecule has 158 valence electrons. The molecule has 4 aromatic rings. The van der Waals surface area contributed by atoms with Crippen LogP contribution >= 0.6 is 34.5 Å². The Bertz CT molecular complexity index is 1350. The van der Waals surface area contributed by atoms with Crippen molar-refractivity contribution < 1.29 is 13.9 Å². The van der Waals surface area contributed by atoms with Gasteiger partial charge in [-0.15, -0.1) is 11.3 Å². The first-order valence-electron chi connectivity index (χ1n) is 9.23. The highest BCUT2D eigenvalue weighted by molar-refractivity contribution is 7.14. The van der Waals surface area contributed by atoms with Crippen LogP contribution in [0.2, 0.25) is 10.0 Å². The van der Waals surface area contributed by atoms with E-state index in [2.05, 4.69) is 10.3 Å². The molecule has 1 atom stereocenters. The smallest absolute Gasteiger partial charge is 0.336 e. The Hall–Kier alpha value is -2.87. The average Bonchev–Trinajstić information content (AvgIpc) is 3.15. The molecule has 0 spiro atoms. The van der Waals surface area contributed by atoms with Gasteiger partial charge < -0.3 is 9.15 Å². The first kappa shape index (κ1) is 21.4. The minimum atomic E-state index is -0.805. The highest BCUT2D eigenvalue weighted by Gasteiger charge is 2.18. The topological polar surface area (TPSA) is 81.4 Å². The van der Waals surface area contributed by atoms with Crippen molar-refractivity contribution in [2.45, 2.75) is 20.0 Å². The summed E-state index contributed by atoms with van der Waals surface area (Å²) in [6.45, 7) is 3.45. The van der Waals surface area contributed by atoms with Crippen LogP contribution in [0.15, 0.2) is 57.1 Å². The summed E-state index contributed by atoms with van der Waals surface area (Å²) < 4.78 is 10.9. The Morgan fingerprint density at radius 3 is 2.77 bits per heavy atom. The summed E-state index contributed by atoms with van der Waals surface area (Å²) in [6, 6.07) is 11.7. The summed E-state index contributed by atoms with van der Waals surface area (Å²) >= 11 is 13.4. The van der Waals surface area contributed by atoms with Gasteiger partial charge in [0.15, 0.2) is 11.2 Å². The van der Waals surface area contributed by atoms with E-state index in [9.17, 15) is 9.59 Å². The summed E-state index contributed by atoms with van der Waals surface area (Å²) in [6.07, 6.45) is -0.805. The molecule has 4 rings (SSSR count). The summed E-state index contributed by atoms with van der Waals surface area (Å²) in [7, 11) is 0. The van der Waals surface area contributed by atoms with E-state index in [-0.39, 0.29) is 5.91 Å². The molecule has 0 saturated heterocycles. The van der Waals surface area contributed by atoms with Crippen molar-refractivity contribution in [3.8, 4) is 17.0 Å². The monoisotopic (exact) mass is 474 g/mol. The number of hydrogen-bond donors (Lipinski definition) is 1. The number of halogens is 2.